The van der Waals surface area contributed by atoms with Gasteiger partial charge in [-0.3, -0.25) is 0 Å². The topological polar surface area (TPSA) is 77.3 Å². The molecular weight excluding hydrogens is 853 g/mol. The molecule has 0 saturated carbocycles. The molecule has 0 saturated heterocycles. The summed E-state index contributed by atoms with van der Waals surface area (Å²) in [6.45, 7) is 0. The van der Waals surface area contributed by atoms with E-state index in [4.69, 9.17) is 29.9 Å². The van der Waals surface area contributed by atoms with Crippen molar-refractivity contribution in [3.05, 3.63) is 264 Å². The maximum Gasteiger partial charge on any atom is 0.164 e. The van der Waals surface area contributed by atoms with E-state index in [-0.39, 0.29) is 0 Å². The second-order valence-corrected chi connectivity index (χ2v) is 18.4. The summed E-state index contributed by atoms with van der Waals surface area (Å²) in [4.78, 5) is 31.2. The Bertz CT molecular complexity index is 3710. The minimum Gasteiger partial charge on any atom is -0.208 e. The molecule has 15 rings (SSSR count). The third kappa shape index (κ3) is 5.11. The summed E-state index contributed by atoms with van der Waals surface area (Å²) >= 11 is 0. The summed E-state index contributed by atoms with van der Waals surface area (Å²) in [6, 6.07) is 82.2. The SMILES string of the molecule is c1ccc(-c2nc(-c3ccccc3)nc(-c3ccc4c5c(cccc35)C35c6ccccc6-c6ccccc6C43c3ccc(-c4nc(-c6ccccc6)nc(-c6ccccc6)n4)c4cccc5c34)n2)cc1. The van der Waals surface area contributed by atoms with Gasteiger partial charge in [-0.15, -0.1) is 0 Å². The highest BCUT2D eigenvalue weighted by Gasteiger charge is 2.69. The highest BCUT2D eigenvalue weighted by atomic mass is 15.0. The minimum absolute atomic E-state index is 0.639. The molecule has 3 aliphatic rings. The molecule has 12 aromatic rings. The minimum atomic E-state index is -0.647. The van der Waals surface area contributed by atoms with Crippen LogP contribution in [0.5, 0.6) is 0 Å². The van der Waals surface area contributed by atoms with Gasteiger partial charge in [0.2, 0.25) is 0 Å². The number of aromatic nitrogens is 6. The predicted octanol–water partition coefficient (Wildman–Crippen LogP) is 14.3. The Labute approximate surface area is 403 Å². The lowest BCUT2D eigenvalue weighted by Crippen LogP contribution is -2.48. The van der Waals surface area contributed by atoms with Gasteiger partial charge in [0.25, 0.3) is 0 Å². The first-order chi connectivity index (χ1) is 34.7. The van der Waals surface area contributed by atoms with Crippen LogP contribution in [-0.2, 0) is 10.8 Å². The molecule has 0 unspecified atom stereocenters. The molecule has 0 atom stereocenters. The maximum absolute atomic E-state index is 5.28. The molecule has 70 heavy (non-hydrogen) atoms. The highest BCUT2D eigenvalue weighted by Crippen LogP contribution is 2.75. The summed E-state index contributed by atoms with van der Waals surface area (Å²) in [5.41, 5.74) is 14.6. The van der Waals surface area contributed by atoms with Crippen molar-refractivity contribution in [2.45, 2.75) is 10.8 Å². The molecule has 2 heterocycles. The molecule has 10 aromatic carbocycles. The van der Waals surface area contributed by atoms with E-state index in [1.165, 1.54) is 55.3 Å². The Morgan fingerprint density at radius 2 is 0.486 bits per heavy atom. The van der Waals surface area contributed by atoms with Crippen molar-refractivity contribution < 1.29 is 0 Å². The number of hydrogen-bond donors (Lipinski definition) is 0. The predicted molar refractivity (Wildman–Crippen MR) is 279 cm³/mol. The molecule has 0 spiro atoms. The molecule has 6 heteroatoms. The zero-order valence-electron chi connectivity index (χ0n) is 37.6. The largest absolute Gasteiger partial charge is 0.208 e. The molecule has 0 fully saturated rings. The van der Waals surface area contributed by atoms with E-state index in [0.717, 1.165) is 44.2 Å². The summed E-state index contributed by atoms with van der Waals surface area (Å²) in [5, 5.41) is 4.69. The van der Waals surface area contributed by atoms with E-state index in [9.17, 15) is 0 Å². The van der Waals surface area contributed by atoms with Gasteiger partial charge < -0.3 is 0 Å². The van der Waals surface area contributed by atoms with E-state index in [2.05, 4.69) is 158 Å². The van der Waals surface area contributed by atoms with Crippen LogP contribution in [0.25, 0.3) is 101 Å². The molecular formula is C64H38N6. The van der Waals surface area contributed by atoms with Crippen molar-refractivity contribution in [2.24, 2.45) is 0 Å². The van der Waals surface area contributed by atoms with Crippen molar-refractivity contribution in [2.75, 3.05) is 0 Å². The Hall–Kier alpha value is -9.26. The Morgan fingerprint density at radius 1 is 0.200 bits per heavy atom. The molecule has 0 bridgehead atoms. The van der Waals surface area contributed by atoms with Crippen LogP contribution in [0, 0.1) is 0 Å². The fourth-order valence-electron chi connectivity index (χ4n) is 12.5. The van der Waals surface area contributed by atoms with Gasteiger partial charge in [-0.2, -0.15) is 0 Å². The van der Waals surface area contributed by atoms with Gasteiger partial charge >= 0.3 is 0 Å². The van der Waals surface area contributed by atoms with Crippen LogP contribution in [0.15, 0.2) is 231 Å². The lowest BCUT2D eigenvalue weighted by atomic mass is 9.50. The van der Waals surface area contributed by atoms with Crippen LogP contribution in [0.3, 0.4) is 0 Å². The van der Waals surface area contributed by atoms with Crippen molar-refractivity contribution >= 4 is 21.5 Å². The molecule has 2 aromatic heterocycles. The van der Waals surface area contributed by atoms with Gasteiger partial charge in [-0.25, -0.2) is 29.9 Å². The zero-order chi connectivity index (χ0) is 46.0. The van der Waals surface area contributed by atoms with Gasteiger partial charge in [-0.05, 0) is 66.1 Å². The van der Waals surface area contributed by atoms with E-state index < -0.39 is 10.8 Å². The summed E-state index contributed by atoms with van der Waals surface area (Å²) in [6.07, 6.45) is 0. The van der Waals surface area contributed by atoms with Crippen LogP contribution in [0.4, 0.5) is 0 Å². The highest BCUT2D eigenvalue weighted by molar-refractivity contribution is 6.14. The van der Waals surface area contributed by atoms with Crippen LogP contribution in [0.2, 0.25) is 0 Å². The van der Waals surface area contributed by atoms with Gasteiger partial charge in [-0.1, -0.05) is 231 Å². The lowest BCUT2D eigenvalue weighted by molar-refractivity contribution is 0.461. The average Bonchev–Trinajstić information content (AvgIpc) is 3.90. The Morgan fingerprint density at radius 3 is 0.843 bits per heavy atom. The number of fused-ring (bicyclic) bond motifs is 3. The maximum atomic E-state index is 5.28. The molecule has 0 radical (unpaired) electrons. The molecule has 324 valence electrons. The fourth-order valence-corrected chi connectivity index (χ4v) is 12.5. The normalized spacial score (nSPS) is 16.7. The van der Waals surface area contributed by atoms with Gasteiger partial charge in [0, 0.05) is 33.4 Å². The summed E-state index contributed by atoms with van der Waals surface area (Å²) in [5.74, 6) is 3.83. The van der Waals surface area contributed by atoms with Crippen molar-refractivity contribution in [3.63, 3.8) is 0 Å². The second kappa shape index (κ2) is 14.6. The Balaban J connectivity index is 1.03. The first-order valence-electron chi connectivity index (χ1n) is 23.8. The van der Waals surface area contributed by atoms with Crippen LogP contribution >= 0.6 is 0 Å². The molecule has 0 amide bonds. The number of nitrogens with zero attached hydrogens (tertiary/aromatic N) is 6. The zero-order valence-corrected chi connectivity index (χ0v) is 37.6. The van der Waals surface area contributed by atoms with Crippen LogP contribution in [0.1, 0.15) is 33.4 Å². The first kappa shape index (κ1) is 38.8. The van der Waals surface area contributed by atoms with Crippen molar-refractivity contribution in [1.29, 1.82) is 0 Å². The lowest BCUT2D eigenvalue weighted by Gasteiger charge is -2.50. The third-order valence-electron chi connectivity index (χ3n) is 15.1. The van der Waals surface area contributed by atoms with E-state index in [1.807, 2.05) is 72.8 Å². The fraction of sp³-hybridized carbons (Fsp3) is 0.0312. The van der Waals surface area contributed by atoms with Crippen molar-refractivity contribution in [1.82, 2.24) is 29.9 Å². The smallest absolute Gasteiger partial charge is 0.164 e. The van der Waals surface area contributed by atoms with Gasteiger partial charge in [0.15, 0.2) is 34.9 Å². The molecule has 3 aliphatic carbocycles. The van der Waals surface area contributed by atoms with E-state index >= 15 is 0 Å². The van der Waals surface area contributed by atoms with Crippen LogP contribution in [-0.4, -0.2) is 29.9 Å². The third-order valence-corrected chi connectivity index (χ3v) is 15.1. The quantitative estimate of drug-likeness (QED) is 0.165. The monoisotopic (exact) mass is 890 g/mol. The Kier molecular flexibility index (Phi) is 8.10. The molecule has 0 aliphatic heterocycles. The van der Waals surface area contributed by atoms with Crippen molar-refractivity contribution in [3.8, 4) is 79.5 Å². The van der Waals surface area contributed by atoms with E-state index in [1.54, 1.807) is 0 Å². The van der Waals surface area contributed by atoms with Gasteiger partial charge in [0.1, 0.15) is 0 Å². The second-order valence-electron chi connectivity index (χ2n) is 18.4. The number of hydrogen-bond acceptors (Lipinski definition) is 6. The van der Waals surface area contributed by atoms with Crippen LogP contribution < -0.4 is 0 Å². The first-order valence-corrected chi connectivity index (χ1v) is 23.8. The summed E-state index contributed by atoms with van der Waals surface area (Å²) < 4.78 is 0. The molecule has 6 nitrogen and oxygen atoms in total. The number of rotatable bonds is 6. The number of benzene rings is 10. The standard InChI is InChI=1S/C64H38N6/c1-5-19-39(20-6-1)57-65-58(40-21-7-2-8-22-40)68-61(67-57)47-35-37-53-55-45(47)29-17-33-51(55)63-49-31-15-13-27-43(49)44-28-14-16-32-50(44)64(53,63)54-38-36-48(46-30-18-34-52(63)56(46)54)62-69-59(41-23-9-3-10-24-41)66-60(70-62)42-25-11-4-12-26-42/h1-38H. The summed E-state index contributed by atoms with van der Waals surface area (Å²) in [7, 11) is 0. The average molecular weight is 891 g/mol. The van der Waals surface area contributed by atoms with E-state index in [0.29, 0.717) is 34.9 Å². The van der Waals surface area contributed by atoms with Gasteiger partial charge in [0.05, 0.1) is 10.8 Å². The molecule has 0 N–H and O–H groups in total.